The third-order valence-corrected chi connectivity index (χ3v) is 5.67. The lowest BCUT2D eigenvalue weighted by molar-refractivity contribution is 0.238. The summed E-state index contributed by atoms with van der Waals surface area (Å²) in [5, 5.41) is 6.17. The molecule has 0 aliphatic heterocycles. The average Bonchev–Trinajstić information content (AvgIpc) is 2.84. The van der Waals surface area contributed by atoms with Crippen molar-refractivity contribution in [3.63, 3.8) is 0 Å². The summed E-state index contributed by atoms with van der Waals surface area (Å²) in [6.07, 6.45) is 3.56. The Hall–Kier alpha value is -4.03. The molecule has 0 atom stereocenters. The number of nitrogens with one attached hydrogen (secondary N) is 1. The highest BCUT2D eigenvalue weighted by atomic mass is 16.4. The average molecular weight is 437 g/mol. The summed E-state index contributed by atoms with van der Waals surface area (Å²) in [7, 11) is 1.89. The van der Waals surface area contributed by atoms with Crippen molar-refractivity contribution in [1.82, 2.24) is 14.9 Å². The Morgan fingerprint density at radius 2 is 1.52 bits per heavy atom. The Labute approximate surface area is 191 Å². The molecule has 0 saturated heterocycles. The Kier molecular flexibility index (Phi) is 5.83. The van der Waals surface area contributed by atoms with Crippen LogP contribution in [0.5, 0.6) is 0 Å². The van der Waals surface area contributed by atoms with Crippen LogP contribution in [0.25, 0.3) is 21.7 Å². The van der Waals surface area contributed by atoms with Gasteiger partial charge in [0, 0.05) is 50.1 Å². The molecule has 0 bridgehead atoms. The van der Waals surface area contributed by atoms with Gasteiger partial charge in [0.2, 0.25) is 0 Å². The van der Waals surface area contributed by atoms with Crippen molar-refractivity contribution in [2.45, 2.75) is 19.6 Å². The molecule has 0 radical (unpaired) electrons. The molecular weight excluding hydrogens is 412 g/mol. The van der Waals surface area contributed by atoms with Crippen LogP contribution in [0.3, 0.4) is 0 Å². The van der Waals surface area contributed by atoms with Crippen molar-refractivity contribution in [3.8, 4) is 0 Å². The van der Waals surface area contributed by atoms with E-state index in [-0.39, 0.29) is 5.63 Å². The van der Waals surface area contributed by atoms with E-state index in [1.54, 1.807) is 12.4 Å². The second-order valence-corrected chi connectivity index (χ2v) is 8.05. The van der Waals surface area contributed by atoms with Crippen LogP contribution in [0.4, 0.5) is 5.69 Å². The molecule has 5 aromatic rings. The minimum Gasteiger partial charge on any atom is -0.422 e. The van der Waals surface area contributed by atoms with E-state index in [0.717, 1.165) is 33.2 Å². The van der Waals surface area contributed by atoms with Gasteiger partial charge in [0.05, 0.1) is 17.0 Å². The van der Waals surface area contributed by atoms with Gasteiger partial charge in [0.1, 0.15) is 5.58 Å². The van der Waals surface area contributed by atoms with Crippen molar-refractivity contribution in [2.24, 2.45) is 0 Å². The molecule has 0 amide bonds. The lowest BCUT2D eigenvalue weighted by atomic mass is 10.1. The summed E-state index contributed by atoms with van der Waals surface area (Å²) in [4.78, 5) is 24.0. The van der Waals surface area contributed by atoms with E-state index in [2.05, 4.69) is 32.3 Å². The summed E-state index contributed by atoms with van der Waals surface area (Å²) in [5.41, 5.74) is 3.76. The molecule has 2 aromatic carbocycles. The number of anilines is 1. The van der Waals surface area contributed by atoms with Gasteiger partial charge in [-0.05, 0) is 65.4 Å². The highest BCUT2D eigenvalue weighted by Gasteiger charge is 2.14. The fourth-order valence-corrected chi connectivity index (χ4v) is 4.02. The maximum Gasteiger partial charge on any atom is 0.340 e. The minimum atomic E-state index is -0.321. The highest BCUT2D eigenvalue weighted by molar-refractivity contribution is 5.97. The molecular formula is C27H24N4O2. The molecule has 6 heteroatoms. The SMILES string of the molecule is CNc1ccc2cc3cc(CN(Cc4ccccn4)Cc4ccccn4)c(=O)oc3cc2c1. The second-order valence-electron chi connectivity index (χ2n) is 8.05. The summed E-state index contributed by atoms with van der Waals surface area (Å²) >= 11 is 0. The van der Waals surface area contributed by atoms with E-state index in [4.69, 9.17) is 4.42 Å². The minimum absolute atomic E-state index is 0.321. The summed E-state index contributed by atoms with van der Waals surface area (Å²) in [5.74, 6) is 0. The lowest BCUT2D eigenvalue weighted by Crippen LogP contribution is -2.26. The zero-order valence-corrected chi connectivity index (χ0v) is 18.4. The molecule has 0 unspecified atom stereocenters. The van der Waals surface area contributed by atoms with Crippen LogP contribution in [0.15, 0.2) is 94.4 Å². The van der Waals surface area contributed by atoms with E-state index in [9.17, 15) is 4.79 Å². The first kappa shape index (κ1) is 20.8. The van der Waals surface area contributed by atoms with Gasteiger partial charge in [-0.15, -0.1) is 0 Å². The Bertz CT molecular complexity index is 1410. The molecule has 164 valence electrons. The number of pyridine rings is 2. The number of hydrogen-bond acceptors (Lipinski definition) is 6. The molecule has 5 rings (SSSR count). The molecule has 0 aliphatic carbocycles. The van der Waals surface area contributed by atoms with Crippen LogP contribution in [0, 0.1) is 0 Å². The van der Waals surface area contributed by atoms with Crippen LogP contribution in [-0.2, 0) is 19.6 Å². The molecule has 0 saturated carbocycles. The number of fused-ring (bicyclic) bond motifs is 2. The maximum absolute atomic E-state index is 12.9. The Balaban J connectivity index is 1.49. The van der Waals surface area contributed by atoms with Crippen LogP contribution >= 0.6 is 0 Å². The van der Waals surface area contributed by atoms with Gasteiger partial charge in [-0.3, -0.25) is 14.9 Å². The number of aromatic nitrogens is 2. The molecule has 0 fully saturated rings. The normalized spacial score (nSPS) is 11.3. The number of rotatable bonds is 7. The molecule has 3 aromatic heterocycles. The van der Waals surface area contributed by atoms with Gasteiger partial charge in [0.15, 0.2) is 0 Å². The van der Waals surface area contributed by atoms with Crippen LogP contribution in [-0.4, -0.2) is 21.9 Å². The van der Waals surface area contributed by atoms with Gasteiger partial charge in [-0.1, -0.05) is 18.2 Å². The number of nitrogens with zero attached hydrogens (tertiary/aromatic N) is 3. The fourth-order valence-electron chi connectivity index (χ4n) is 4.02. The summed E-state index contributed by atoms with van der Waals surface area (Å²) in [6, 6.07) is 23.8. The van der Waals surface area contributed by atoms with Crippen molar-refractivity contribution >= 4 is 27.4 Å². The van der Waals surface area contributed by atoms with Crippen LogP contribution in [0.2, 0.25) is 0 Å². The van der Waals surface area contributed by atoms with Crippen molar-refractivity contribution in [2.75, 3.05) is 12.4 Å². The summed E-state index contributed by atoms with van der Waals surface area (Å²) in [6.45, 7) is 1.63. The summed E-state index contributed by atoms with van der Waals surface area (Å²) < 4.78 is 5.74. The predicted molar refractivity (Wildman–Crippen MR) is 131 cm³/mol. The molecule has 0 spiro atoms. The third kappa shape index (κ3) is 4.76. The Morgan fingerprint density at radius 3 is 2.15 bits per heavy atom. The topological polar surface area (TPSA) is 71.3 Å². The van der Waals surface area contributed by atoms with Gasteiger partial charge in [0.25, 0.3) is 0 Å². The number of benzene rings is 2. The van der Waals surface area contributed by atoms with Crippen molar-refractivity contribution < 1.29 is 4.42 Å². The molecule has 33 heavy (non-hydrogen) atoms. The molecule has 0 aliphatic rings. The van der Waals surface area contributed by atoms with Crippen LogP contribution in [0.1, 0.15) is 17.0 Å². The highest BCUT2D eigenvalue weighted by Crippen LogP contribution is 2.25. The zero-order chi connectivity index (χ0) is 22.6. The van der Waals surface area contributed by atoms with E-state index in [1.165, 1.54) is 0 Å². The lowest BCUT2D eigenvalue weighted by Gasteiger charge is -2.21. The smallest absolute Gasteiger partial charge is 0.340 e. The molecule has 3 heterocycles. The molecule has 6 nitrogen and oxygen atoms in total. The fraction of sp³-hybridized carbons (Fsp3) is 0.148. The molecule has 1 N–H and O–H groups in total. The Morgan fingerprint density at radius 1 is 0.788 bits per heavy atom. The largest absolute Gasteiger partial charge is 0.422 e. The van der Waals surface area contributed by atoms with Crippen molar-refractivity contribution in [3.05, 3.63) is 113 Å². The van der Waals surface area contributed by atoms with Crippen molar-refractivity contribution in [1.29, 1.82) is 0 Å². The zero-order valence-electron chi connectivity index (χ0n) is 18.4. The van der Waals surface area contributed by atoms with E-state index in [1.807, 2.05) is 67.7 Å². The predicted octanol–water partition coefficient (Wildman–Crippen LogP) is 4.98. The second kappa shape index (κ2) is 9.22. The van der Waals surface area contributed by atoms with Gasteiger partial charge >= 0.3 is 5.63 Å². The number of hydrogen-bond donors (Lipinski definition) is 1. The van der Waals surface area contributed by atoms with E-state index in [0.29, 0.717) is 30.8 Å². The first-order valence-corrected chi connectivity index (χ1v) is 10.9. The maximum atomic E-state index is 12.9. The first-order chi connectivity index (χ1) is 16.2. The standard InChI is InChI=1S/C27H24N4O2/c1-28-23-9-8-19-12-21-13-22(27(32)33-26(21)15-20(19)14-23)16-31(17-24-6-2-4-10-29-24)18-25-7-3-5-11-30-25/h2-15,28H,16-18H2,1H3. The van der Waals surface area contributed by atoms with Gasteiger partial charge in [-0.25, -0.2) is 4.79 Å². The van der Waals surface area contributed by atoms with E-state index >= 15 is 0 Å². The van der Waals surface area contributed by atoms with Crippen LogP contribution < -0.4 is 10.9 Å². The first-order valence-electron chi connectivity index (χ1n) is 10.9. The monoisotopic (exact) mass is 436 g/mol. The quantitative estimate of drug-likeness (QED) is 0.287. The van der Waals surface area contributed by atoms with Gasteiger partial charge in [-0.2, -0.15) is 0 Å². The van der Waals surface area contributed by atoms with E-state index < -0.39 is 0 Å². The third-order valence-electron chi connectivity index (χ3n) is 5.67. The van der Waals surface area contributed by atoms with Gasteiger partial charge < -0.3 is 9.73 Å².